The molecule has 1 aliphatic heterocycles. The van der Waals surface area contributed by atoms with Gasteiger partial charge in [-0.15, -0.1) is 0 Å². The van der Waals surface area contributed by atoms with E-state index in [1.165, 1.54) is 32.1 Å². The number of ether oxygens (including phenoxy) is 1. The minimum Gasteiger partial charge on any atom is -0.378 e. The summed E-state index contributed by atoms with van der Waals surface area (Å²) >= 11 is 0. The van der Waals surface area contributed by atoms with Crippen molar-refractivity contribution in [2.24, 2.45) is 11.8 Å². The first-order valence-corrected chi connectivity index (χ1v) is 6.37. The van der Waals surface area contributed by atoms with E-state index in [1.807, 2.05) is 0 Å². The Morgan fingerprint density at radius 2 is 2.13 bits per heavy atom. The second kappa shape index (κ2) is 7.20. The highest BCUT2D eigenvalue weighted by Gasteiger charge is 2.21. The molecule has 0 aromatic carbocycles. The summed E-state index contributed by atoms with van der Waals surface area (Å²) in [6.45, 7) is 5.45. The molecule has 1 aliphatic rings. The molecule has 1 heterocycles. The average Bonchev–Trinajstić information content (AvgIpc) is 2.76. The van der Waals surface area contributed by atoms with Crippen LogP contribution in [0.25, 0.3) is 0 Å². The van der Waals surface area contributed by atoms with Gasteiger partial charge in [-0.25, -0.2) is 0 Å². The van der Waals surface area contributed by atoms with Crippen LogP contribution in [0.1, 0.15) is 52.4 Å². The van der Waals surface area contributed by atoms with Gasteiger partial charge in [-0.2, -0.15) is 0 Å². The molecular formula is C12H26N2O. The quantitative estimate of drug-likeness (QED) is 0.504. The summed E-state index contributed by atoms with van der Waals surface area (Å²) in [5, 5.41) is 0. The molecule has 3 nitrogen and oxygen atoms in total. The molecule has 0 spiro atoms. The van der Waals surface area contributed by atoms with E-state index in [9.17, 15) is 0 Å². The van der Waals surface area contributed by atoms with E-state index in [0.29, 0.717) is 12.1 Å². The molecule has 0 amide bonds. The largest absolute Gasteiger partial charge is 0.378 e. The van der Waals surface area contributed by atoms with E-state index in [-0.39, 0.29) is 0 Å². The molecule has 0 aromatic heterocycles. The molecule has 0 aromatic rings. The Bertz CT molecular complexity index is 150. The fraction of sp³-hybridized carbons (Fsp3) is 1.00. The van der Waals surface area contributed by atoms with Crippen molar-refractivity contribution < 1.29 is 4.74 Å². The first kappa shape index (κ1) is 12.9. The lowest BCUT2D eigenvalue weighted by Crippen LogP contribution is -2.39. The van der Waals surface area contributed by atoms with Gasteiger partial charge in [0.15, 0.2) is 0 Å². The Morgan fingerprint density at radius 3 is 2.60 bits per heavy atom. The van der Waals surface area contributed by atoms with Gasteiger partial charge in [0.1, 0.15) is 0 Å². The van der Waals surface area contributed by atoms with E-state index in [0.717, 1.165) is 18.9 Å². The van der Waals surface area contributed by atoms with Crippen molar-refractivity contribution in [1.29, 1.82) is 0 Å². The number of hydrazine groups is 1. The molecule has 2 unspecified atom stereocenters. The lowest BCUT2D eigenvalue weighted by Gasteiger charge is -2.23. The Kier molecular flexibility index (Phi) is 6.22. The lowest BCUT2D eigenvalue weighted by atomic mass is 9.92. The zero-order chi connectivity index (χ0) is 11.1. The van der Waals surface area contributed by atoms with Gasteiger partial charge in [0.2, 0.25) is 0 Å². The summed E-state index contributed by atoms with van der Waals surface area (Å²) in [5.74, 6) is 6.40. The molecule has 0 radical (unpaired) electrons. The highest BCUT2D eigenvalue weighted by Crippen LogP contribution is 2.22. The topological polar surface area (TPSA) is 47.3 Å². The molecule has 2 atom stereocenters. The summed E-state index contributed by atoms with van der Waals surface area (Å²) in [6, 6.07) is 0.429. The summed E-state index contributed by atoms with van der Waals surface area (Å²) in [5.41, 5.74) is 2.95. The standard InChI is InChI=1S/C12H26N2O/c1-3-10(4-2)8-11(14-13)9-12-6-5-7-15-12/h10-12,14H,3-9,13H2,1-2H3. The van der Waals surface area contributed by atoms with Crippen LogP contribution in [0, 0.1) is 5.92 Å². The summed E-state index contributed by atoms with van der Waals surface area (Å²) in [6.07, 6.45) is 7.63. The molecule has 0 bridgehead atoms. The van der Waals surface area contributed by atoms with E-state index in [4.69, 9.17) is 10.6 Å². The smallest absolute Gasteiger partial charge is 0.0591 e. The van der Waals surface area contributed by atoms with E-state index < -0.39 is 0 Å². The Balaban J connectivity index is 2.27. The zero-order valence-corrected chi connectivity index (χ0v) is 10.2. The number of hydrogen-bond donors (Lipinski definition) is 2. The fourth-order valence-corrected chi connectivity index (χ4v) is 2.40. The first-order chi connectivity index (χ1) is 7.30. The minimum absolute atomic E-state index is 0.429. The summed E-state index contributed by atoms with van der Waals surface area (Å²) in [7, 11) is 0. The predicted molar refractivity (Wildman–Crippen MR) is 63.4 cm³/mol. The molecule has 90 valence electrons. The second-order valence-corrected chi connectivity index (χ2v) is 4.65. The highest BCUT2D eigenvalue weighted by molar-refractivity contribution is 4.75. The van der Waals surface area contributed by atoms with Crippen LogP contribution in [0.5, 0.6) is 0 Å². The van der Waals surface area contributed by atoms with Gasteiger partial charge in [-0.3, -0.25) is 11.3 Å². The molecular weight excluding hydrogens is 188 g/mol. The molecule has 3 heteroatoms. The van der Waals surface area contributed by atoms with Crippen molar-refractivity contribution in [3.05, 3.63) is 0 Å². The normalized spacial score (nSPS) is 23.6. The molecule has 1 fully saturated rings. The maximum atomic E-state index is 5.64. The van der Waals surface area contributed by atoms with Gasteiger partial charge in [-0.1, -0.05) is 26.7 Å². The van der Waals surface area contributed by atoms with E-state index in [2.05, 4.69) is 19.3 Å². The van der Waals surface area contributed by atoms with E-state index in [1.54, 1.807) is 0 Å². The fourth-order valence-electron chi connectivity index (χ4n) is 2.40. The van der Waals surface area contributed by atoms with Crippen molar-refractivity contribution in [3.63, 3.8) is 0 Å². The van der Waals surface area contributed by atoms with Gasteiger partial charge < -0.3 is 4.74 Å². The molecule has 1 rings (SSSR count). The van der Waals surface area contributed by atoms with Crippen LogP contribution in [0.4, 0.5) is 0 Å². The molecule has 0 aliphatic carbocycles. The average molecular weight is 214 g/mol. The molecule has 1 saturated heterocycles. The SMILES string of the molecule is CCC(CC)CC(CC1CCCO1)NN. The van der Waals surface area contributed by atoms with Crippen LogP contribution in [0.3, 0.4) is 0 Å². The maximum absolute atomic E-state index is 5.64. The highest BCUT2D eigenvalue weighted by atomic mass is 16.5. The number of nitrogens with two attached hydrogens (primary N) is 1. The van der Waals surface area contributed by atoms with Crippen LogP contribution in [0.15, 0.2) is 0 Å². The third-order valence-electron chi connectivity index (χ3n) is 3.58. The van der Waals surface area contributed by atoms with E-state index >= 15 is 0 Å². The summed E-state index contributed by atoms with van der Waals surface area (Å²) in [4.78, 5) is 0. The van der Waals surface area contributed by atoms with Crippen molar-refractivity contribution in [2.45, 2.75) is 64.5 Å². The summed E-state index contributed by atoms with van der Waals surface area (Å²) < 4.78 is 5.64. The molecule has 15 heavy (non-hydrogen) atoms. The number of hydrogen-bond acceptors (Lipinski definition) is 3. The second-order valence-electron chi connectivity index (χ2n) is 4.65. The van der Waals surface area contributed by atoms with Gasteiger partial charge in [0.25, 0.3) is 0 Å². The van der Waals surface area contributed by atoms with Crippen LogP contribution >= 0.6 is 0 Å². The number of nitrogens with one attached hydrogen (secondary N) is 1. The van der Waals surface area contributed by atoms with Crippen LogP contribution in [-0.4, -0.2) is 18.8 Å². The van der Waals surface area contributed by atoms with Crippen LogP contribution in [-0.2, 0) is 4.74 Å². The maximum Gasteiger partial charge on any atom is 0.0591 e. The van der Waals surface area contributed by atoms with Crippen molar-refractivity contribution in [1.82, 2.24) is 5.43 Å². The molecule has 3 N–H and O–H groups in total. The van der Waals surface area contributed by atoms with Crippen molar-refractivity contribution in [2.75, 3.05) is 6.61 Å². The third-order valence-corrected chi connectivity index (χ3v) is 3.58. The van der Waals surface area contributed by atoms with Crippen LogP contribution in [0.2, 0.25) is 0 Å². The Labute approximate surface area is 93.7 Å². The van der Waals surface area contributed by atoms with Gasteiger partial charge >= 0.3 is 0 Å². The zero-order valence-electron chi connectivity index (χ0n) is 10.2. The third kappa shape index (κ3) is 4.49. The monoisotopic (exact) mass is 214 g/mol. The van der Waals surface area contributed by atoms with Gasteiger partial charge in [-0.05, 0) is 31.6 Å². The Hall–Kier alpha value is -0.120. The predicted octanol–water partition coefficient (Wildman–Crippen LogP) is 2.21. The first-order valence-electron chi connectivity index (χ1n) is 6.37. The van der Waals surface area contributed by atoms with Crippen LogP contribution < -0.4 is 11.3 Å². The number of rotatable bonds is 7. The Morgan fingerprint density at radius 1 is 1.40 bits per heavy atom. The lowest BCUT2D eigenvalue weighted by molar-refractivity contribution is 0.0912. The van der Waals surface area contributed by atoms with Gasteiger partial charge in [0, 0.05) is 12.6 Å². The van der Waals surface area contributed by atoms with Gasteiger partial charge in [0.05, 0.1) is 6.10 Å². The molecule has 0 saturated carbocycles. The van der Waals surface area contributed by atoms with Crippen molar-refractivity contribution >= 4 is 0 Å². The van der Waals surface area contributed by atoms with Crippen molar-refractivity contribution in [3.8, 4) is 0 Å². The minimum atomic E-state index is 0.429.